The summed E-state index contributed by atoms with van der Waals surface area (Å²) in [7, 11) is 0. The molecule has 7 heterocycles. The molecule has 0 aliphatic carbocycles. The molecule has 0 saturated carbocycles. The highest BCUT2D eigenvalue weighted by Crippen LogP contribution is 2.38. The smallest absolute Gasteiger partial charge is 0.217 e. The lowest BCUT2D eigenvalue weighted by atomic mass is 9.94. The Bertz CT molecular complexity index is 2150. The summed E-state index contributed by atoms with van der Waals surface area (Å²) in [6, 6.07) is -5.23. The summed E-state index contributed by atoms with van der Waals surface area (Å²) in [5.41, 5.74) is 0. The number of amides is 3. The molecule has 0 aromatic carbocycles. The Hall–Kier alpha value is -2.83. The first-order valence-corrected chi connectivity index (χ1v) is 27.3. The maximum Gasteiger partial charge on any atom is 0.217 e. The van der Waals surface area contributed by atoms with Crippen LogP contribution in [0, 0.1) is 0 Å². The number of aliphatic hydroxyl groups is 18. The summed E-state index contributed by atoms with van der Waals surface area (Å²) >= 11 is 0. The zero-order chi connectivity index (χ0) is 62.8. The van der Waals surface area contributed by atoms with Crippen molar-refractivity contribution < 1.29 is 168 Å². The van der Waals surface area contributed by atoms with Crippen molar-refractivity contribution in [1.82, 2.24) is 16.0 Å². The third-order valence-corrected chi connectivity index (χ3v) is 15.7. The first kappa shape index (κ1) is 69.6. The van der Waals surface area contributed by atoms with Crippen molar-refractivity contribution in [2.24, 2.45) is 0 Å². The monoisotopic (exact) mass is 1240 g/mol. The third kappa shape index (κ3) is 15.3. The van der Waals surface area contributed by atoms with E-state index in [0.717, 1.165) is 20.8 Å². The van der Waals surface area contributed by atoms with Crippen LogP contribution < -0.4 is 16.0 Å². The number of carbonyl (C=O) groups excluding carboxylic acids is 3. The molecule has 7 saturated heterocycles. The van der Waals surface area contributed by atoms with E-state index in [4.69, 9.17) is 61.6 Å². The fourth-order valence-corrected chi connectivity index (χ4v) is 11.0. The van der Waals surface area contributed by atoms with Crippen LogP contribution >= 0.6 is 0 Å². The van der Waals surface area contributed by atoms with Gasteiger partial charge in [0.2, 0.25) is 17.7 Å². The summed E-state index contributed by atoms with van der Waals surface area (Å²) < 4.78 is 76.6. The van der Waals surface area contributed by atoms with Gasteiger partial charge in [-0.2, -0.15) is 0 Å². The van der Waals surface area contributed by atoms with E-state index in [1.165, 1.54) is 13.8 Å². The van der Waals surface area contributed by atoms with Crippen LogP contribution in [0.15, 0.2) is 0 Å². The molecular weight excluding hydrogens is 1160 g/mol. The van der Waals surface area contributed by atoms with Gasteiger partial charge in [0.1, 0.15) is 159 Å². The van der Waals surface area contributed by atoms with Crippen LogP contribution in [0.25, 0.3) is 0 Å². The molecule has 37 nitrogen and oxygen atoms in total. The van der Waals surface area contributed by atoms with E-state index in [-0.39, 0.29) is 0 Å². The van der Waals surface area contributed by atoms with Crippen molar-refractivity contribution in [3.8, 4) is 0 Å². The average Bonchev–Trinajstić information content (AvgIpc) is 1.71. The second-order valence-corrected chi connectivity index (χ2v) is 21.8. The van der Waals surface area contributed by atoms with Crippen LogP contribution in [-0.2, 0) is 76.0 Å². The minimum absolute atomic E-state index is 0.801. The molecule has 492 valence electrons. The predicted octanol–water partition coefficient (Wildman–Crippen LogP) is -13.8. The van der Waals surface area contributed by atoms with Crippen molar-refractivity contribution in [1.29, 1.82) is 0 Å². The standard InChI is InChI=1S/C48H81N3O34/c1-11-24(59)32(67)35(70)45(74-11)84-40-34(69)27(62)17(7-53)78-47(40)81-37-19(9-55)80-43(22(31(37)66)50-14(4)57)73-10-20-29(64)38(23(42(72)76-20)51-15(5)58)82-48-41(85-46-36(71)33(68)25(60)12(2)75-46)39(28(63)18(8-54)79-48)83-44-21(49-13(3)56)30(65)26(61)16(6-52)77-44/h11-12,16-48,52-55,59-72H,6-10H2,1-5H3,(H,49,56)(H,50,57)(H,51,58)/t11-,12-,16+,17+,18+,19+,20+,21+,22+,23+,24+,25+,26+,27-,28-,29-,30+,31+,32+,33+,34-,35-,36-,37+,38+,39-,40+,41+,42-,43+,44-,45-,46-,47-,48-/m0/s1. The van der Waals surface area contributed by atoms with Gasteiger partial charge in [0.15, 0.2) is 44.0 Å². The molecule has 0 aromatic rings. The normalized spacial score (nSPS) is 49.8. The first-order valence-electron chi connectivity index (χ1n) is 27.3. The van der Waals surface area contributed by atoms with Gasteiger partial charge in [-0.25, -0.2) is 0 Å². The Balaban J connectivity index is 1.16. The van der Waals surface area contributed by atoms with Gasteiger partial charge in [0, 0.05) is 20.8 Å². The van der Waals surface area contributed by atoms with Crippen LogP contribution in [0.3, 0.4) is 0 Å². The molecule has 3 amide bonds. The molecule has 0 bridgehead atoms. The van der Waals surface area contributed by atoms with E-state index in [1.807, 2.05) is 0 Å². The summed E-state index contributed by atoms with van der Waals surface area (Å²) in [4.78, 5) is 37.8. The van der Waals surface area contributed by atoms with Crippen LogP contribution in [0.2, 0.25) is 0 Å². The van der Waals surface area contributed by atoms with E-state index in [1.54, 1.807) is 0 Å². The predicted molar refractivity (Wildman–Crippen MR) is 264 cm³/mol. The molecule has 0 radical (unpaired) electrons. The summed E-state index contributed by atoms with van der Waals surface area (Å²) in [5, 5.41) is 204. The Morgan fingerprint density at radius 3 is 1.22 bits per heavy atom. The largest absolute Gasteiger partial charge is 0.394 e. The zero-order valence-electron chi connectivity index (χ0n) is 46.3. The second-order valence-electron chi connectivity index (χ2n) is 21.8. The highest BCUT2D eigenvalue weighted by molar-refractivity contribution is 5.74. The number of rotatable bonds is 20. The van der Waals surface area contributed by atoms with Crippen molar-refractivity contribution in [3.05, 3.63) is 0 Å². The summed E-state index contributed by atoms with van der Waals surface area (Å²) in [6.45, 7) is 0.745. The first-order chi connectivity index (χ1) is 40.1. The molecule has 0 unspecified atom stereocenters. The lowest BCUT2D eigenvalue weighted by molar-refractivity contribution is -0.397. The molecule has 37 heteroatoms. The van der Waals surface area contributed by atoms with Gasteiger partial charge in [0.05, 0.1) is 45.2 Å². The second kappa shape index (κ2) is 29.9. The SMILES string of the molecule is CC(=O)N[C@@H]1[C@@H](O[C@@H]2O[C@H](CO)[C@H](O)[C@H](O[C@@H]3O[C@H](CO)[C@@H](O)[C@H](O)[C@H]3NC(C)=O)[C@H]2O[C@@H]2O[C@@H](C)[C@@H](O)[C@@H](O)[C@@H]2O)[C@@H](O)[C@@H](CO[C@@H]2O[C@H](CO)[C@@H](O[C@@H]3O[C@H](CO)[C@H](O)[C@H](O)[C@H]3O[C@@H]3O[C@@H](C)[C@@H](O)[C@@H](O)[C@@H]3O)[C@H](O)[C@H]2NC(C)=O)O[C@@H]1O. The van der Waals surface area contributed by atoms with Gasteiger partial charge < -0.3 is 169 Å². The van der Waals surface area contributed by atoms with E-state index < -0.39 is 266 Å². The zero-order valence-corrected chi connectivity index (χ0v) is 46.3. The number of aliphatic hydroxyl groups excluding tert-OH is 18. The van der Waals surface area contributed by atoms with Crippen molar-refractivity contribution in [2.45, 2.75) is 249 Å². The number of hydrogen-bond acceptors (Lipinski definition) is 34. The molecular formula is C48H81N3O34. The molecule has 0 spiro atoms. The van der Waals surface area contributed by atoms with Gasteiger partial charge in [-0.05, 0) is 13.8 Å². The van der Waals surface area contributed by atoms with E-state index in [2.05, 4.69) is 16.0 Å². The maximum atomic E-state index is 12.7. The van der Waals surface area contributed by atoms with Crippen LogP contribution in [0.4, 0.5) is 0 Å². The summed E-state index contributed by atoms with van der Waals surface area (Å²) in [6.07, 6.45) is -59.9. The lowest BCUT2D eigenvalue weighted by Crippen LogP contribution is -2.70. The number of hydrogen-bond donors (Lipinski definition) is 21. The van der Waals surface area contributed by atoms with Gasteiger partial charge in [-0.1, -0.05) is 0 Å². The highest BCUT2D eigenvalue weighted by atomic mass is 16.8. The lowest BCUT2D eigenvalue weighted by Gasteiger charge is -2.51. The Labute approximate surface area is 483 Å². The molecule has 7 aliphatic rings. The Morgan fingerprint density at radius 1 is 0.329 bits per heavy atom. The van der Waals surface area contributed by atoms with Crippen LogP contribution in [0.5, 0.6) is 0 Å². The minimum atomic E-state index is -2.18. The molecule has 21 N–H and O–H groups in total. The van der Waals surface area contributed by atoms with Crippen molar-refractivity contribution in [2.75, 3.05) is 33.0 Å². The highest BCUT2D eigenvalue weighted by Gasteiger charge is 2.59. The number of carbonyl (C=O) groups is 3. The van der Waals surface area contributed by atoms with Gasteiger partial charge in [-0.3, -0.25) is 14.4 Å². The topological polar surface area (TPSA) is 571 Å². The molecule has 0 aromatic heterocycles. The Kier molecular flexibility index (Phi) is 24.5. The van der Waals surface area contributed by atoms with E-state index >= 15 is 0 Å². The van der Waals surface area contributed by atoms with E-state index in [9.17, 15) is 106 Å². The maximum absolute atomic E-state index is 12.7. The fraction of sp³-hybridized carbons (Fsp3) is 0.938. The third-order valence-electron chi connectivity index (χ3n) is 15.7. The number of nitrogens with one attached hydrogen (secondary N) is 3. The molecule has 7 aliphatic heterocycles. The van der Waals surface area contributed by atoms with Crippen LogP contribution in [0.1, 0.15) is 34.6 Å². The van der Waals surface area contributed by atoms with Gasteiger partial charge >= 0.3 is 0 Å². The number of ether oxygens (including phenoxy) is 13. The van der Waals surface area contributed by atoms with Gasteiger partial charge in [0.25, 0.3) is 0 Å². The summed E-state index contributed by atoms with van der Waals surface area (Å²) in [5.74, 6) is -2.50. The minimum Gasteiger partial charge on any atom is -0.394 e. The molecule has 35 atom stereocenters. The van der Waals surface area contributed by atoms with E-state index in [0.29, 0.717) is 0 Å². The molecule has 7 rings (SSSR count). The average molecular weight is 1240 g/mol. The van der Waals surface area contributed by atoms with Gasteiger partial charge in [-0.15, -0.1) is 0 Å². The Morgan fingerprint density at radius 2 is 0.718 bits per heavy atom. The van der Waals surface area contributed by atoms with Crippen molar-refractivity contribution >= 4 is 17.7 Å². The van der Waals surface area contributed by atoms with Crippen molar-refractivity contribution in [3.63, 3.8) is 0 Å². The molecule has 85 heavy (non-hydrogen) atoms. The fourth-order valence-electron chi connectivity index (χ4n) is 11.0. The van der Waals surface area contributed by atoms with Crippen LogP contribution in [-0.4, -0.2) is 357 Å². The quantitative estimate of drug-likeness (QED) is 0.0538. The molecule has 7 fully saturated rings.